The van der Waals surface area contributed by atoms with Crippen molar-refractivity contribution in [2.75, 3.05) is 29.0 Å². The first-order valence-corrected chi connectivity index (χ1v) is 13.2. The summed E-state index contributed by atoms with van der Waals surface area (Å²) in [5.74, 6) is -0.375. The van der Waals surface area contributed by atoms with Crippen LogP contribution < -0.4 is 21.3 Å². The number of hydrogen-bond donors (Lipinski definition) is 4. The fourth-order valence-electron chi connectivity index (χ4n) is 3.80. The molecular formula is C29H23Cl2F3N4OS. The number of rotatable bonds is 8. The van der Waals surface area contributed by atoms with Crippen LogP contribution in [0.2, 0.25) is 10.0 Å². The fraction of sp³-hybridized carbons (Fsp3) is 0.103. The van der Waals surface area contributed by atoms with Gasteiger partial charge in [-0.05, 0) is 77.9 Å². The summed E-state index contributed by atoms with van der Waals surface area (Å²) < 4.78 is 38.8. The standard InChI is InChI=1S/C29H23Cl2F3N4OS/c30-24-6-3-7-25(31)26(24)38-28(40)36-17-16-35-20-12-14-21(15-13-20)37-27(39)23-5-2-1-4-22(23)18-8-10-19(11-9-18)29(32,33)34/h1-15,35H,16-17H2,(H,37,39)(H2,36,38,40). The van der Waals surface area contributed by atoms with Crippen molar-refractivity contribution >= 4 is 63.5 Å². The first-order valence-electron chi connectivity index (χ1n) is 12.0. The van der Waals surface area contributed by atoms with E-state index < -0.39 is 11.7 Å². The van der Waals surface area contributed by atoms with Crippen molar-refractivity contribution in [3.05, 3.63) is 112 Å². The maximum Gasteiger partial charge on any atom is 0.416 e. The highest BCUT2D eigenvalue weighted by Crippen LogP contribution is 2.32. The molecule has 4 aromatic rings. The molecule has 0 aliphatic rings. The predicted octanol–water partition coefficient (Wildman–Crippen LogP) is 8.33. The van der Waals surface area contributed by atoms with Crippen molar-refractivity contribution in [1.29, 1.82) is 0 Å². The van der Waals surface area contributed by atoms with E-state index in [2.05, 4.69) is 21.3 Å². The second kappa shape index (κ2) is 13.0. The summed E-state index contributed by atoms with van der Waals surface area (Å²) in [6.45, 7) is 1.08. The molecule has 206 valence electrons. The van der Waals surface area contributed by atoms with Crippen molar-refractivity contribution in [3.8, 4) is 11.1 Å². The Morgan fingerprint density at radius 2 is 1.38 bits per heavy atom. The number of benzene rings is 4. The Hall–Kier alpha value is -3.79. The van der Waals surface area contributed by atoms with Crippen LogP contribution in [0, 0.1) is 0 Å². The lowest BCUT2D eigenvalue weighted by Crippen LogP contribution is -2.32. The molecule has 4 N–H and O–H groups in total. The largest absolute Gasteiger partial charge is 0.416 e. The summed E-state index contributed by atoms with van der Waals surface area (Å²) in [6, 6.07) is 23.8. The quantitative estimate of drug-likeness (QED) is 0.121. The van der Waals surface area contributed by atoms with E-state index in [1.165, 1.54) is 12.1 Å². The summed E-state index contributed by atoms with van der Waals surface area (Å²) in [6.07, 6.45) is -4.43. The first kappa shape index (κ1) is 29.2. The van der Waals surface area contributed by atoms with Crippen LogP contribution in [-0.2, 0) is 6.18 Å². The van der Waals surface area contributed by atoms with Crippen LogP contribution in [0.5, 0.6) is 0 Å². The van der Waals surface area contributed by atoms with Gasteiger partial charge in [0.25, 0.3) is 5.91 Å². The number of halogens is 5. The van der Waals surface area contributed by atoms with Gasteiger partial charge >= 0.3 is 6.18 Å². The number of carbonyl (C=O) groups is 1. The third kappa shape index (κ3) is 7.65. The molecule has 0 saturated heterocycles. The van der Waals surface area contributed by atoms with Gasteiger partial charge in [0, 0.05) is 30.0 Å². The predicted molar refractivity (Wildman–Crippen MR) is 160 cm³/mol. The van der Waals surface area contributed by atoms with Crippen molar-refractivity contribution in [2.24, 2.45) is 0 Å². The van der Waals surface area contributed by atoms with Crippen LogP contribution >= 0.6 is 35.4 Å². The van der Waals surface area contributed by atoms with Gasteiger partial charge in [-0.2, -0.15) is 13.2 Å². The molecule has 0 heterocycles. The van der Waals surface area contributed by atoms with E-state index in [1.54, 1.807) is 54.6 Å². The van der Waals surface area contributed by atoms with E-state index in [9.17, 15) is 18.0 Å². The number of amides is 1. The average Bonchev–Trinajstić information content (AvgIpc) is 2.93. The Balaban J connectivity index is 1.30. The molecule has 0 fully saturated rings. The second-order valence-corrected chi connectivity index (χ2v) is 9.78. The number of para-hydroxylation sites is 1. The molecule has 11 heteroatoms. The molecule has 0 radical (unpaired) electrons. The third-order valence-corrected chi connectivity index (χ3v) is 6.66. The summed E-state index contributed by atoms with van der Waals surface area (Å²) >= 11 is 17.6. The summed E-state index contributed by atoms with van der Waals surface area (Å²) in [5, 5.41) is 13.4. The van der Waals surface area contributed by atoms with Gasteiger partial charge in [-0.1, -0.05) is 59.6 Å². The topological polar surface area (TPSA) is 65.2 Å². The maximum atomic E-state index is 13.0. The molecule has 0 aliphatic heterocycles. The molecule has 40 heavy (non-hydrogen) atoms. The Kier molecular flexibility index (Phi) is 9.52. The van der Waals surface area contributed by atoms with Crippen LogP contribution in [-0.4, -0.2) is 24.1 Å². The molecule has 0 spiro atoms. The van der Waals surface area contributed by atoms with Crippen LogP contribution in [0.1, 0.15) is 15.9 Å². The minimum Gasteiger partial charge on any atom is -0.383 e. The van der Waals surface area contributed by atoms with Crippen LogP contribution in [0.3, 0.4) is 0 Å². The number of alkyl halides is 3. The molecule has 4 rings (SSSR count). The number of anilines is 3. The van der Waals surface area contributed by atoms with Gasteiger partial charge in [-0.15, -0.1) is 0 Å². The van der Waals surface area contributed by atoms with Crippen LogP contribution in [0.25, 0.3) is 11.1 Å². The monoisotopic (exact) mass is 602 g/mol. The molecule has 0 bridgehead atoms. The molecule has 5 nitrogen and oxygen atoms in total. The van der Waals surface area contributed by atoms with E-state index in [0.717, 1.165) is 17.8 Å². The zero-order valence-electron chi connectivity index (χ0n) is 20.8. The van der Waals surface area contributed by atoms with E-state index >= 15 is 0 Å². The lowest BCUT2D eigenvalue weighted by Gasteiger charge is -2.14. The Morgan fingerprint density at radius 1 is 0.750 bits per heavy atom. The van der Waals surface area contributed by atoms with Crippen molar-refractivity contribution in [1.82, 2.24) is 5.32 Å². The summed E-state index contributed by atoms with van der Waals surface area (Å²) in [4.78, 5) is 13.0. The van der Waals surface area contributed by atoms with Crippen LogP contribution in [0.15, 0.2) is 91.0 Å². The molecule has 0 atom stereocenters. The highest BCUT2D eigenvalue weighted by molar-refractivity contribution is 7.80. The molecule has 4 aromatic carbocycles. The van der Waals surface area contributed by atoms with Crippen molar-refractivity contribution in [2.45, 2.75) is 6.18 Å². The normalized spacial score (nSPS) is 11.0. The number of carbonyl (C=O) groups excluding carboxylic acids is 1. The SMILES string of the molecule is O=C(Nc1ccc(NCCNC(=S)Nc2c(Cl)cccc2Cl)cc1)c1ccccc1-c1ccc(C(F)(F)F)cc1. The van der Waals surface area contributed by atoms with Gasteiger partial charge < -0.3 is 21.3 Å². The first-order chi connectivity index (χ1) is 19.1. The van der Waals surface area contributed by atoms with Gasteiger partial charge in [0.05, 0.1) is 21.3 Å². The Morgan fingerprint density at radius 3 is 2.02 bits per heavy atom. The van der Waals surface area contributed by atoms with Crippen molar-refractivity contribution < 1.29 is 18.0 Å². The number of nitrogens with one attached hydrogen (secondary N) is 4. The maximum absolute atomic E-state index is 13.0. The highest BCUT2D eigenvalue weighted by atomic mass is 35.5. The summed E-state index contributed by atoms with van der Waals surface area (Å²) in [5.41, 5.74) is 2.58. The number of hydrogen-bond acceptors (Lipinski definition) is 3. The van der Waals surface area contributed by atoms with Gasteiger partial charge in [-0.3, -0.25) is 4.79 Å². The Labute approximate surface area is 244 Å². The molecular weight excluding hydrogens is 580 g/mol. The Bertz CT molecular complexity index is 1480. The smallest absolute Gasteiger partial charge is 0.383 e. The molecule has 0 saturated carbocycles. The summed E-state index contributed by atoms with van der Waals surface area (Å²) in [7, 11) is 0. The third-order valence-electron chi connectivity index (χ3n) is 5.78. The van der Waals surface area contributed by atoms with Crippen molar-refractivity contribution in [3.63, 3.8) is 0 Å². The fourth-order valence-corrected chi connectivity index (χ4v) is 4.50. The molecule has 0 aromatic heterocycles. The molecule has 0 aliphatic carbocycles. The minimum absolute atomic E-state index is 0.346. The molecule has 1 amide bonds. The zero-order chi connectivity index (χ0) is 28.7. The van der Waals surface area contributed by atoms with Gasteiger partial charge in [0.1, 0.15) is 0 Å². The van der Waals surface area contributed by atoms with Gasteiger partial charge in [-0.25, -0.2) is 0 Å². The lowest BCUT2D eigenvalue weighted by molar-refractivity contribution is -0.137. The van der Waals surface area contributed by atoms with E-state index in [4.69, 9.17) is 35.4 Å². The zero-order valence-corrected chi connectivity index (χ0v) is 23.1. The van der Waals surface area contributed by atoms with Crippen LogP contribution in [0.4, 0.5) is 30.2 Å². The van der Waals surface area contributed by atoms with Gasteiger partial charge in [0.2, 0.25) is 0 Å². The minimum atomic E-state index is -4.43. The average molecular weight is 603 g/mol. The van der Waals surface area contributed by atoms with E-state index in [0.29, 0.717) is 56.3 Å². The molecule has 0 unspecified atom stereocenters. The van der Waals surface area contributed by atoms with E-state index in [-0.39, 0.29) is 5.91 Å². The number of thiocarbonyl (C=S) groups is 1. The van der Waals surface area contributed by atoms with Gasteiger partial charge in [0.15, 0.2) is 5.11 Å². The second-order valence-electron chi connectivity index (χ2n) is 8.56. The highest BCUT2D eigenvalue weighted by Gasteiger charge is 2.30. The lowest BCUT2D eigenvalue weighted by atomic mass is 9.98. The van der Waals surface area contributed by atoms with E-state index in [1.807, 2.05) is 12.1 Å².